The average molecular weight is 224 g/mol. The van der Waals surface area contributed by atoms with Crippen molar-refractivity contribution in [2.24, 2.45) is 17.1 Å². The second-order valence-electron chi connectivity index (χ2n) is 6.34. The fourth-order valence-electron chi connectivity index (χ4n) is 2.81. The van der Waals surface area contributed by atoms with Gasteiger partial charge in [0.15, 0.2) is 0 Å². The summed E-state index contributed by atoms with van der Waals surface area (Å²) in [6.45, 7) is 8.17. The number of hydrogen-bond acceptors (Lipinski definition) is 2. The van der Waals surface area contributed by atoms with Crippen LogP contribution in [0.4, 0.5) is 0 Å². The minimum Gasteiger partial charge on any atom is -0.330 e. The van der Waals surface area contributed by atoms with Crippen molar-refractivity contribution in [2.75, 3.05) is 19.6 Å². The van der Waals surface area contributed by atoms with Crippen LogP contribution >= 0.6 is 0 Å². The number of rotatable bonds is 7. The lowest BCUT2D eigenvalue weighted by molar-refractivity contribution is 0.0946. The van der Waals surface area contributed by atoms with E-state index in [9.17, 15) is 0 Å². The van der Waals surface area contributed by atoms with E-state index in [1.54, 1.807) is 0 Å². The van der Waals surface area contributed by atoms with E-state index in [1.807, 2.05) is 0 Å². The monoisotopic (exact) mass is 224 g/mol. The van der Waals surface area contributed by atoms with E-state index in [-0.39, 0.29) is 0 Å². The lowest BCUT2D eigenvalue weighted by atomic mass is 9.66. The van der Waals surface area contributed by atoms with Gasteiger partial charge in [-0.2, -0.15) is 0 Å². The van der Waals surface area contributed by atoms with Gasteiger partial charge in [0.05, 0.1) is 0 Å². The summed E-state index contributed by atoms with van der Waals surface area (Å²) in [5.41, 5.74) is 6.45. The lowest BCUT2D eigenvalue weighted by Gasteiger charge is -2.43. The summed E-state index contributed by atoms with van der Waals surface area (Å²) in [6, 6.07) is 0.704. The highest BCUT2D eigenvalue weighted by molar-refractivity contribution is 4.90. The molecule has 0 aromatic rings. The van der Waals surface area contributed by atoms with Crippen LogP contribution in [0.3, 0.4) is 0 Å². The molecule has 2 saturated carbocycles. The van der Waals surface area contributed by atoms with Gasteiger partial charge >= 0.3 is 0 Å². The Balaban J connectivity index is 1.75. The Kier molecular flexibility index (Phi) is 3.91. The summed E-state index contributed by atoms with van der Waals surface area (Å²) in [6.07, 6.45) is 8.41. The molecule has 2 aliphatic rings. The van der Waals surface area contributed by atoms with E-state index in [0.717, 1.165) is 12.5 Å². The summed E-state index contributed by atoms with van der Waals surface area (Å²) >= 11 is 0. The van der Waals surface area contributed by atoms with Crippen molar-refractivity contribution < 1.29 is 0 Å². The van der Waals surface area contributed by atoms with Gasteiger partial charge in [-0.15, -0.1) is 0 Å². The first-order valence-electron chi connectivity index (χ1n) is 7.09. The molecule has 0 heterocycles. The zero-order chi connectivity index (χ0) is 11.6. The molecule has 0 spiro atoms. The van der Waals surface area contributed by atoms with Crippen molar-refractivity contribution in [3.8, 4) is 0 Å². The predicted octanol–water partition coefficient (Wildman–Crippen LogP) is 2.63. The molecule has 94 valence electrons. The molecule has 2 N–H and O–H groups in total. The van der Waals surface area contributed by atoms with Crippen LogP contribution in [0.2, 0.25) is 0 Å². The fraction of sp³-hybridized carbons (Fsp3) is 1.00. The van der Waals surface area contributed by atoms with E-state index in [1.165, 1.54) is 51.6 Å². The Bertz CT molecular complexity index is 211. The number of hydrogen-bond donors (Lipinski definition) is 1. The third kappa shape index (κ3) is 2.98. The highest BCUT2D eigenvalue weighted by Gasteiger charge is 2.36. The second kappa shape index (κ2) is 5.05. The molecular weight excluding hydrogens is 196 g/mol. The van der Waals surface area contributed by atoms with Gasteiger partial charge < -0.3 is 10.6 Å². The zero-order valence-electron chi connectivity index (χ0n) is 11.0. The van der Waals surface area contributed by atoms with Gasteiger partial charge in [0.25, 0.3) is 0 Å². The molecule has 2 heteroatoms. The fourth-order valence-corrected chi connectivity index (χ4v) is 2.81. The molecule has 0 bridgehead atoms. The molecule has 2 fully saturated rings. The predicted molar refractivity (Wildman–Crippen MR) is 69.4 cm³/mol. The summed E-state index contributed by atoms with van der Waals surface area (Å²) in [5.74, 6) is 1.01. The quantitative estimate of drug-likeness (QED) is 0.720. The maximum absolute atomic E-state index is 5.93. The van der Waals surface area contributed by atoms with Crippen LogP contribution in [0.5, 0.6) is 0 Å². The zero-order valence-corrected chi connectivity index (χ0v) is 11.0. The SMILES string of the molecule is CC(C)N(CCC1(CN)CCC1)CC1CC1. The highest BCUT2D eigenvalue weighted by Crippen LogP contribution is 2.43. The minimum atomic E-state index is 0.524. The third-order valence-corrected chi connectivity index (χ3v) is 4.70. The molecule has 0 aromatic carbocycles. The van der Waals surface area contributed by atoms with Gasteiger partial charge in [-0.05, 0) is 70.4 Å². The summed E-state index contributed by atoms with van der Waals surface area (Å²) < 4.78 is 0. The van der Waals surface area contributed by atoms with Gasteiger partial charge in [-0.3, -0.25) is 0 Å². The minimum absolute atomic E-state index is 0.524. The van der Waals surface area contributed by atoms with Crippen molar-refractivity contribution in [1.82, 2.24) is 4.90 Å². The Morgan fingerprint density at radius 3 is 2.38 bits per heavy atom. The van der Waals surface area contributed by atoms with Crippen LogP contribution in [0.25, 0.3) is 0 Å². The normalized spacial score (nSPS) is 23.8. The summed E-state index contributed by atoms with van der Waals surface area (Å²) in [4.78, 5) is 2.67. The van der Waals surface area contributed by atoms with E-state index in [4.69, 9.17) is 5.73 Å². The van der Waals surface area contributed by atoms with E-state index >= 15 is 0 Å². The van der Waals surface area contributed by atoms with Crippen molar-refractivity contribution >= 4 is 0 Å². The Labute approximate surface area is 101 Å². The molecule has 2 aliphatic carbocycles. The summed E-state index contributed by atoms with van der Waals surface area (Å²) in [5, 5.41) is 0. The van der Waals surface area contributed by atoms with Crippen LogP contribution in [0, 0.1) is 11.3 Å². The van der Waals surface area contributed by atoms with Gasteiger partial charge in [-0.25, -0.2) is 0 Å². The van der Waals surface area contributed by atoms with Crippen molar-refractivity contribution in [1.29, 1.82) is 0 Å². The molecule has 2 rings (SSSR count). The molecular formula is C14H28N2. The van der Waals surface area contributed by atoms with Gasteiger partial charge in [0.2, 0.25) is 0 Å². The molecule has 2 nitrogen and oxygen atoms in total. The largest absolute Gasteiger partial charge is 0.330 e. The first kappa shape index (κ1) is 12.4. The van der Waals surface area contributed by atoms with Gasteiger partial charge in [0.1, 0.15) is 0 Å². The molecule has 0 atom stereocenters. The highest BCUT2D eigenvalue weighted by atomic mass is 15.1. The number of nitrogens with zero attached hydrogens (tertiary/aromatic N) is 1. The first-order chi connectivity index (χ1) is 7.65. The van der Waals surface area contributed by atoms with Crippen molar-refractivity contribution in [2.45, 2.75) is 58.4 Å². The first-order valence-corrected chi connectivity index (χ1v) is 7.09. The van der Waals surface area contributed by atoms with Gasteiger partial charge in [-0.1, -0.05) is 6.42 Å². The van der Waals surface area contributed by atoms with Crippen molar-refractivity contribution in [3.05, 3.63) is 0 Å². The standard InChI is InChI=1S/C14H28N2/c1-12(2)16(10-13-4-5-13)9-8-14(11-15)6-3-7-14/h12-13H,3-11,15H2,1-2H3. The number of nitrogens with two attached hydrogens (primary N) is 1. The molecule has 0 unspecified atom stereocenters. The summed E-state index contributed by atoms with van der Waals surface area (Å²) in [7, 11) is 0. The van der Waals surface area contributed by atoms with E-state index in [2.05, 4.69) is 18.7 Å². The smallest absolute Gasteiger partial charge is 0.00387 e. The van der Waals surface area contributed by atoms with Crippen LogP contribution in [-0.4, -0.2) is 30.6 Å². The Morgan fingerprint density at radius 2 is 2.00 bits per heavy atom. The Morgan fingerprint density at radius 1 is 1.31 bits per heavy atom. The average Bonchev–Trinajstić information content (AvgIpc) is 2.98. The molecule has 0 aliphatic heterocycles. The van der Waals surface area contributed by atoms with E-state index in [0.29, 0.717) is 11.5 Å². The third-order valence-electron chi connectivity index (χ3n) is 4.70. The van der Waals surface area contributed by atoms with Gasteiger partial charge in [0, 0.05) is 12.6 Å². The molecule has 16 heavy (non-hydrogen) atoms. The molecule has 0 saturated heterocycles. The topological polar surface area (TPSA) is 29.3 Å². The lowest BCUT2D eigenvalue weighted by Crippen LogP contribution is -2.42. The van der Waals surface area contributed by atoms with E-state index < -0.39 is 0 Å². The molecule has 0 amide bonds. The van der Waals surface area contributed by atoms with Crippen LogP contribution in [0.15, 0.2) is 0 Å². The maximum Gasteiger partial charge on any atom is 0.00387 e. The molecule has 0 aromatic heterocycles. The molecule has 0 radical (unpaired) electrons. The second-order valence-corrected chi connectivity index (χ2v) is 6.34. The van der Waals surface area contributed by atoms with Crippen LogP contribution in [-0.2, 0) is 0 Å². The Hall–Kier alpha value is -0.0800. The van der Waals surface area contributed by atoms with Crippen LogP contribution in [0.1, 0.15) is 52.4 Å². The van der Waals surface area contributed by atoms with Crippen molar-refractivity contribution in [3.63, 3.8) is 0 Å². The maximum atomic E-state index is 5.93. The van der Waals surface area contributed by atoms with Crippen LogP contribution < -0.4 is 5.73 Å².